The zero-order valence-electron chi connectivity index (χ0n) is 13.6. The standard InChI is InChI=1S/C17H30N2O/c1-13(2)11-18-12-16-6-7-17(10-14(16)3)19(5)9-8-15(4)20/h6-7,10,13,15,18,20H,8-9,11-12H2,1-5H3. The van der Waals surface area contributed by atoms with E-state index in [2.05, 4.69) is 56.2 Å². The second-order valence-electron chi connectivity index (χ2n) is 6.19. The van der Waals surface area contributed by atoms with E-state index < -0.39 is 0 Å². The minimum atomic E-state index is -0.238. The van der Waals surface area contributed by atoms with E-state index in [-0.39, 0.29) is 6.10 Å². The molecule has 0 saturated carbocycles. The maximum Gasteiger partial charge on any atom is 0.0528 e. The number of aliphatic hydroxyl groups excluding tert-OH is 1. The highest BCUT2D eigenvalue weighted by Gasteiger charge is 2.06. The number of hydrogen-bond acceptors (Lipinski definition) is 3. The van der Waals surface area contributed by atoms with Crippen molar-refractivity contribution in [1.29, 1.82) is 0 Å². The van der Waals surface area contributed by atoms with E-state index in [1.54, 1.807) is 0 Å². The van der Waals surface area contributed by atoms with Crippen molar-refractivity contribution in [2.24, 2.45) is 5.92 Å². The highest BCUT2D eigenvalue weighted by molar-refractivity contribution is 5.50. The summed E-state index contributed by atoms with van der Waals surface area (Å²) in [5.74, 6) is 0.682. The lowest BCUT2D eigenvalue weighted by molar-refractivity contribution is 0.187. The molecule has 1 aromatic rings. The number of aliphatic hydroxyl groups is 1. The van der Waals surface area contributed by atoms with Gasteiger partial charge in [0.2, 0.25) is 0 Å². The average molecular weight is 278 g/mol. The van der Waals surface area contributed by atoms with Crippen LogP contribution in [-0.2, 0) is 6.54 Å². The van der Waals surface area contributed by atoms with Crippen molar-refractivity contribution in [3.63, 3.8) is 0 Å². The summed E-state index contributed by atoms with van der Waals surface area (Å²) < 4.78 is 0. The molecule has 0 aliphatic heterocycles. The first-order valence-corrected chi connectivity index (χ1v) is 7.59. The zero-order valence-corrected chi connectivity index (χ0v) is 13.6. The van der Waals surface area contributed by atoms with E-state index in [9.17, 15) is 5.11 Å². The number of nitrogens with zero attached hydrogens (tertiary/aromatic N) is 1. The molecule has 0 aromatic heterocycles. The van der Waals surface area contributed by atoms with Gasteiger partial charge in [0, 0.05) is 25.8 Å². The van der Waals surface area contributed by atoms with E-state index in [0.717, 1.165) is 26.1 Å². The van der Waals surface area contributed by atoms with Gasteiger partial charge in [-0.3, -0.25) is 0 Å². The summed E-state index contributed by atoms with van der Waals surface area (Å²) in [7, 11) is 2.08. The van der Waals surface area contributed by atoms with Crippen LogP contribution in [0, 0.1) is 12.8 Å². The fraction of sp³-hybridized carbons (Fsp3) is 0.647. The Balaban J connectivity index is 2.58. The second kappa shape index (κ2) is 8.28. The van der Waals surface area contributed by atoms with Crippen LogP contribution in [0.3, 0.4) is 0 Å². The molecule has 114 valence electrons. The molecule has 20 heavy (non-hydrogen) atoms. The van der Waals surface area contributed by atoms with Gasteiger partial charge in [-0.05, 0) is 56.0 Å². The van der Waals surface area contributed by atoms with Crippen LogP contribution < -0.4 is 10.2 Å². The van der Waals surface area contributed by atoms with Gasteiger partial charge < -0.3 is 15.3 Å². The smallest absolute Gasteiger partial charge is 0.0528 e. The molecule has 1 aromatic carbocycles. The summed E-state index contributed by atoms with van der Waals surface area (Å²) in [6, 6.07) is 6.60. The Labute approximate surface area is 124 Å². The Morgan fingerprint density at radius 3 is 2.50 bits per heavy atom. The molecule has 3 nitrogen and oxygen atoms in total. The molecule has 0 heterocycles. The lowest BCUT2D eigenvalue weighted by Gasteiger charge is -2.21. The third-order valence-corrected chi connectivity index (χ3v) is 3.52. The summed E-state index contributed by atoms with van der Waals surface area (Å²) in [5.41, 5.74) is 3.90. The van der Waals surface area contributed by atoms with Crippen LogP contribution in [0.4, 0.5) is 5.69 Å². The lowest BCUT2D eigenvalue weighted by Crippen LogP contribution is -2.22. The van der Waals surface area contributed by atoms with E-state index in [1.165, 1.54) is 16.8 Å². The third kappa shape index (κ3) is 5.93. The molecular formula is C17H30N2O. The van der Waals surface area contributed by atoms with E-state index in [0.29, 0.717) is 5.92 Å². The van der Waals surface area contributed by atoms with Crippen LogP contribution in [0.5, 0.6) is 0 Å². The fourth-order valence-corrected chi connectivity index (χ4v) is 2.12. The number of benzene rings is 1. The van der Waals surface area contributed by atoms with Gasteiger partial charge in [0.25, 0.3) is 0 Å². The minimum absolute atomic E-state index is 0.238. The SMILES string of the molecule is Cc1cc(N(C)CCC(C)O)ccc1CNCC(C)C. The number of rotatable bonds is 8. The first-order chi connectivity index (χ1) is 9.40. The van der Waals surface area contributed by atoms with Crippen LogP contribution in [-0.4, -0.2) is 31.3 Å². The molecule has 0 fully saturated rings. The molecule has 1 unspecified atom stereocenters. The Kier molecular flexibility index (Phi) is 7.03. The summed E-state index contributed by atoms with van der Waals surface area (Å²) in [6.45, 7) is 11.3. The summed E-state index contributed by atoms with van der Waals surface area (Å²) >= 11 is 0. The van der Waals surface area contributed by atoms with E-state index in [1.807, 2.05) is 6.92 Å². The first kappa shape index (κ1) is 17.0. The monoisotopic (exact) mass is 278 g/mol. The summed E-state index contributed by atoms with van der Waals surface area (Å²) in [5, 5.41) is 12.8. The lowest BCUT2D eigenvalue weighted by atomic mass is 10.1. The number of anilines is 1. The Hall–Kier alpha value is -1.06. The van der Waals surface area contributed by atoms with Gasteiger partial charge in [-0.25, -0.2) is 0 Å². The molecule has 0 aliphatic carbocycles. The van der Waals surface area contributed by atoms with Crippen LogP contribution in [0.25, 0.3) is 0 Å². The van der Waals surface area contributed by atoms with Crippen LogP contribution in [0.15, 0.2) is 18.2 Å². The quantitative estimate of drug-likeness (QED) is 0.767. The number of aryl methyl sites for hydroxylation is 1. The molecule has 3 heteroatoms. The molecule has 0 saturated heterocycles. The molecule has 2 N–H and O–H groups in total. The predicted octanol–water partition coefficient (Wildman–Crippen LogP) is 2.95. The Bertz CT molecular complexity index is 402. The molecule has 0 radical (unpaired) electrons. The largest absolute Gasteiger partial charge is 0.393 e. The average Bonchev–Trinajstić information content (AvgIpc) is 2.37. The van der Waals surface area contributed by atoms with Crippen molar-refractivity contribution >= 4 is 5.69 Å². The van der Waals surface area contributed by atoms with Gasteiger partial charge in [0.05, 0.1) is 6.10 Å². The molecule has 0 amide bonds. The highest BCUT2D eigenvalue weighted by atomic mass is 16.3. The molecule has 1 atom stereocenters. The maximum atomic E-state index is 9.35. The van der Waals surface area contributed by atoms with Gasteiger partial charge in [0.15, 0.2) is 0 Å². The van der Waals surface area contributed by atoms with Crippen molar-refractivity contribution in [2.75, 3.05) is 25.0 Å². The summed E-state index contributed by atoms with van der Waals surface area (Å²) in [6.07, 6.45) is 0.561. The molecule has 0 aliphatic rings. The minimum Gasteiger partial charge on any atom is -0.393 e. The van der Waals surface area contributed by atoms with Crippen molar-refractivity contribution in [3.05, 3.63) is 29.3 Å². The van der Waals surface area contributed by atoms with Crippen LogP contribution in [0.2, 0.25) is 0 Å². The maximum absolute atomic E-state index is 9.35. The van der Waals surface area contributed by atoms with Gasteiger partial charge in [-0.2, -0.15) is 0 Å². The van der Waals surface area contributed by atoms with E-state index in [4.69, 9.17) is 0 Å². The van der Waals surface area contributed by atoms with E-state index >= 15 is 0 Å². The Morgan fingerprint density at radius 2 is 1.95 bits per heavy atom. The van der Waals surface area contributed by atoms with Crippen molar-refractivity contribution < 1.29 is 5.11 Å². The molecule has 0 bridgehead atoms. The third-order valence-electron chi connectivity index (χ3n) is 3.52. The molecular weight excluding hydrogens is 248 g/mol. The van der Waals surface area contributed by atoms with Gasteiger partial charge >= 0.3 is 0 Å². The van der Waals surface area contributed by atoms with Crippen molar-refractivity contribution in [2.45, 2.75) is 46.8 Å². The molecule has 1 rings (SSSR count). The number of nitrogens with one attached hydrogen (secondary N) is 1. The highest BCUT2D eigenvalue weighted by Crippen LogP contribution is 2.18. The fourth-order valence-electron chi connectivity index (χ4n) is 2.12. The normalized spacial score (nSPS) is 12.8. The first-order valence-electron chi connectivity index (χ1n) is 7.59. The second-order valence-corrected chi connectivity index (χ2v) is 6.19. The van der Waals surface area contributed by atoms with Crippen LogP contribution >= 0.6 is 0 Å². The van der Waals surface area contributed by atoms with Crippen molar-refractivity contribution in [3.8, 4) is 0 Å². The zero-order chi connectivity index (χ0) is 15.1. The van der Waals surface area contributed by atoms with Crippen LogP contribution in [0.1, 0.15) is 38.3 Å². The summed E-state index contributed by atoms with van der Waals surface area (Å²) in [4.78, 5) is 2.20. The molecule has 0 spiro atoms. The predicted molar refractivity (Wildman–Crippen MR) is 87.3 cm³/mol. The van der Waals surface area contributed by atoms with Gasteiger partial charge in [-0.1, -0.05) is 19.9 Å². The topological polar surface area (TPSA) is 35.5 Å². The Morgan fingerprint density at radius 1 is 1.25 bits per heavy atom. The number of hydrogen-bond donors (Lipinski definition) is 2. The van der Waals surface area contributed by atoms with Crippen molar-refractivity contribution in [1.82, 2.24) is 5.32 Å². The van der Waals surface area contributed by atoms with Gasteiger partial charge in [-0.15, -0.1) is 0 Å². The van der Waals surface area contributed by atoms with Gasteiger partial charge in [0.1, 0.15) is 0 Å².